The lowest BCUT2D eigenvalue weighted by Crippen LogP contribution is -2.26. The first-order chi connectivity index (χ1) is 8.54. The average Bonchev–Trinajstić information content (AvgIpc) is 2.33. The van der Waals surface area contributed by atoms with E-state index < -0.39 is 0 Å². The molecular formula is C15H20N2O. The number of nitrogens with zero attached hydrogens (tertiary/aromatic N) is 2. The molecule has 0 aliphatic rings. The van der Waals surface area contributed by atoms with E-state index in [0.29, 0.717) is 0 Å². The molecule has 2 rings (SSSR count). The van der Waals surface area contributed by atoms with Crippen molar-refractivity contribution in [2.45, 2.75) is 46.6 Å². The monoisotopic (exact) mass is 244 g/mol. The van der Waals surface area contributed by atoms with Crippen LogP contribution in [0.3, 0.4) is 0 Å². The second-order valence-electron chi connectivity index (χ2n) is 5.10. The van der Waals surface area contributed by atoms with Crippen LogP contribution in [0.15, 0.2) is 23.0 Å². The van der Waals surface area contributed by atoms with E-state index in [-0.39, 0.29) is 11.5 Å². The van der Waals surface area contributed by atoms with Crippen LogP contribution in [-0.4, -0.2) is 9.55 Å². The predicted molar refractivity (Wildman–Crippen MR) is 75.1 cm³/mol. The van der Waals surface area contributed by atoms with Crippen LogP contribution in [-0.2, 0) is 6.54 Å². The summed E-state index contributed by atoms with van der Waals surface area (Å²) in [5, 5.41) is 0.729. The van der Waals surface area contributed by atoms with Gasteiger partial charge in [0.25, 0.3) is 5.56 Å². The second-order valence-corrected chi connectivity index (χ2v) is 5.10. The third-order valence-corrected chi connectivity index (χ3v) is 3.10. The lowest BCUT2D eigenvalue weighted by molar-refractivity contribution is 0.579. The lowest BCUT2D eigenvalue weighted by atomic mass is 10.1. The molecule has 0 aliphatic heterocycles. The van der Waals surface area contributed by atoms with Gasteiger partial charge in [-0.25, -0.2) is 4.98 Å². The molecule has 18 heavy (non-hydrogen) atoms. The summed E-state index contributed by atoms with van der Waals surface area (Å²) in [4.78, 5) is 17.2. The van der Waals surface area contributed by atoms with Crippen LogP contribution < -0.4 is 5.56 Å². The Morgan fingerprint density at radius 3 is 2.67 bits per heavy atom. The summed E-state index contributed by atoms with van der Waals surface area (Å²) in [6.45, 7) is 8.97. The van der Waals surface area contributed by atoms with Gasteiger partial charge in [-0.2, -0.15) is 0 Å². The number of hydrogen-bond acceptors (Lipinski definition) is 2. The third kappa shape index (κ3) is 2.17. The van der Waals surface area contributed by atoms with Gasteiger partial charge in [-0.3, -0.25) is 9.36 Å². The topological polar surface area (TPSA) is 34.9 Å². The van der Waals surface area contributed by atoms with Crippen molar-refractivity contribution in [3.8, 4) is 0 Å². The highest BCUT2D eigenvalue weighted by molar-refractivity contribution is 5.78. The largest absolute Gasteiger partial charge is 0.296 e. The van der Waals surface area contributed by atoms with Crippen molar-refractivity contribution in [2.75, 3.05) is 0 Å². The molecule has 96 valence electrons. The molecule has 0 fully saturated rings. The van der Waals surface area contributed by atoms with E-state index in [2.05, 4.69) is 25.8 Å². The Morgan fingerprint density at radius 2 is 2.06 bits per heavy atom. The number of fused-ring (bicyclic) bond motifs is 1. The van der Waals surface area contributed by atoms with Gasteiger partial charge in [-0.05, 0) is 25.5 Å². The van der Waals surface area contributed by atoms with Crippen molar-refractivity contribution in [3.63, 3.8) is 0 Å². The Hall–Kier alpha value is -1.64. The van der Waals surface area contributed by atoms with Gasteiger partial charge in [0.05, 0.1) is 10.9 Å². The second kappa shape index (κ2) is 4.92. The molecular weight excluding hydrogens is 224 g/mol. The summed E-state index contributed by atoms with van der Waals surface area (Å²) in [5.41, 5.74) is 2.00. The molecule has 0 atom stereocenters. The van der Waals surface area contributed by atoms with Crippen molar-refractivity contribution in [1.29, 1.82) is 0 Å². The van der Waals surface area contributed by atoms with E-state index in [1.54, 1.807) is 0 Å². The van der Waals surface area contributed by atoms with Crippen LogP contribution in [0.4, 0.5) is 0 Å². The Kier molecular flexibility index (Phi) is 3.50. The number of benzene rings is 1. The molecule has 0 radical (unpaired) electrons. The molecule has 0 amide bonds. The van der Waals surface area contributed by atoms with E-state index in [0.717, 1.165) is 35.3 Å². The van der Waals surface area contributed by atoms with Crippen LogP contribution in [0.2, 0.25) is 0 Å². The van der Waals surface area contributed by atoms with E-state index in [1.807, 2.05) is 29.7 Å². The molecule has 0 N–H and O–H groups in total. The van der Waals surface area contributed by atoms with Crippen molar-refractivity contribution < 1.29 is 0 Å². The van der Waals surface area contributed by atoms with E-state index in [4.69, 9.17) is 0 Å². The number of aromatic nitrogens is 2. The van der Waals surface area contributed by atoms with Gasteiger partial charge in [-0.1, -0.05) is 32.4 Å². The molecule has 0 spiro atoms. The zero-order valence-electron chi connectivity index (χ0n) is 11.5. The first-order valence-electron chi connectivity index (χ1n) is 6.55. The highest BCUT2D eigenvalue weighted by Crippen LogP contribution is 2.16. The Labute approximate surface area is 107 Å². The molecule has 0 saturated heterocycles. The van der Waals surface area contributed by atoms with Gasteiger partial charge in [0, 0.05) is 12.5 Å². The van der Waals surface area contributed by atoms with Crippen molar-refractivity contribution >= 4 is 10.9 Å². The summed E-state index contributed by atoms with van der Waals surface area (Å²) in [7, 11) is 0. The van der Waals surface area contributed by atoms with Crippen LogP contribution in [0.25, 0.3) is 10.9 Å². The lowest BCUT2D eigenvalue weighted by Gasteiger charge is -2.15. The summed E-state index contributed by atoms with van der Waals surface area (Å²) < 4.78 is 1.83. The van der Waals surface area contributed by atoms with E-state index in [9.17, 15) is 4.79 Å². The van der Waals surface area contributed by atoms with Gasteiger partial charge >= 0.3 is 0 Å². The van der Waals surface area contributed by atoms with Crippen molar-refractivity contribution in [3.05, 3.63) is 39.9 Å². The fourth-order valence-electron chi connectivity index (χ4n) is 2.23. The van der Waals surface area contributed by atoms with Gasteiger partial charge in [0.2, 0.25) is 0 Å². The maximum atomic E-state index is 12.5. The Balaban J connectivity index is 2.81. The fraction of sp³-hybridized carbons (Fsp3) is 0.467. The first-order valence-corrected chi connectivity index (χ1v) is 6.55. The molecule has 1 aromatic carbocycles. The van der Waals surface area contributed by atoms with Crippen LogP contribution in [0, 0.1) is 6.92 Å². The van der Waals surface area contributed by atoms with E-state index in [1.165, 1.54) is 0 Å². The van der Waals surface area contributed by atoms with Gasteiger partial charge in [-0.15, -0.1) is 0 Å². The van der Waals surface area contributed by atoms with Crippen LogP contribution in [0.1, 0.15) is 44.5 Å². The Morgan fingerprint density at radius 1 is 1.33 bits per heavy atom. The zero-order chi connectivity index (χ0) is 13.3. The zero-order valence-corrected chi connectivity index (χ0v) is 11.5. The van der Waals surface area contributed by atoms with E-state index >= 15 is 0 Å². The van der Waals surface area contributed by atoms with Crippen molar-refractivity contribution in [1.82, 2.24) is 9.55 Å². The molecule has 0 saturated carbocycles. The van der Waals surface area contributed by atoms with Gasteiger partial charge in [0.1, 0.15) is 5.82 Å². The average molecular weight is 244 g/mol. The summed E-state index contributed by atoms with van der Waals surface area (Å²) >= 11 is 0. The molecule has 0 unspecified atom stereocenters. The molecule has 3 nitrogen and oxygen atoms in total. The minimum atomic E-state index is 0.0919. The normalized spacial score (nSPS) is 11.4. The Bertz CT molecular complexity index is 626. The SMILES string of the molecule is CCCn1c(C(C)C)nc2ccc(C)cc2c1=O. The number of hydrogen-bond donors (Lipinski definition) is 0. The molecule has 3 heteroatoms. The minimum Gasteiger partial charge on any atom is -0.296 e. The predicted octanol–water partition coefficient (Wildman–Crippen LogP) is 3.24. The summed E-state index contributed by atoms with van der Waals surface area (Å²) in [6.07, 6.45) is 0.943. The number of aryl methyl sites for hydroxylation is 1. The molecule has 0 aliphatic carbocycles. The highest BCUT2D eigenvalue weighted by atomic mass is 16.1. The standard InChI is InChI=1S/C15H20N2O/c1-5-8-17-14(10(2)3)16-13-7-6-11(4)9-12(13)15(17)18/h6-7,9-10H,5,8H2,1-4H3. The highest BCUT2D eigenvalue weighted by Gasteiger charge is 2.12. The molecule has 0 bridgehead atoms. The molecule has 2 aromatic rings. The maximum Gasteiger partial charge on any atom is 0.261 e. The van der Waals surface area contributed by atoms with Crippen LogP contribution in [0.5, 0.6) is 0 Å². The number of rotatable bonds is 3. The first kappa shape index (κ1) is 12.8. The quantitative estimate of drug-likeness (QED) is 0.830. The van der Waals surface area contributed by atoms with Gasteiger partial charge < -0.3 is 0 Å². The molecule has 1 heterocycles. The summed E-state index contributed by atoms with van der Waals surface area (Å²) in [6, 6.07) is 5.87. The van der Waals surface area contributed by atoms with Gasteiger partial charge in [0.15, 0.2) is 0 Å². The maximum absolute atomic E-state index is 12.5. The third-order valence-electron chi connectivity index (χ3n) is 3.10. The molecule has 1 aromatic heterocycles. The van der Waals surface area contributed by atoms with Crippen molar-refractivity contribution in [2.24, 2.45) is 0 Å². The minimum absolute atomic E-state index is 0.0919. The smallest absolute Gasteiger partial charge is 0.261 e. The summed E-state index contributed by atoms with van der Waals surface area (Å²) in [5.74, 6) is 1.15. The van der Waals surface area contributed by atoms with Crippen LogP contribution >= 0.6 is 0 Å². The fourth-order valence-corrected chi connectivity index (χ4v) is 2.23.